The Kier molecular flexibility index (Phi) is 3.35. The molecular formula is C11H8F3N3O3. The van der Waals surface area contributed by atoms with Crippen molar-refractivity contribution in [2.45, 2.75) is 12.7 Å². The van der Waals surface area contributed by atoms with E-state index in [0.29, 0.717) is 4.68 Å². The van der Waals surface area contributed by atoms with Gasteiger partial charge >= 0.3 is 6.18 Å². The van der Waals surface area contributed by atoms with Gasteiger partial charge in [0.25, 0.3) is 11.2 Å². The smallest absolute Gasteiger partial charge is 0.295 e. The summed E-state index contributed by atoms with van der Waals surface area (Å²) in [6, 6.07) is 6.21. The summed E-state index contributed by atoms with van der Waals surface area (Å²) in [6.07, 6.45) is -4.53. The highest BCUT2D eigenvalue weighted by atomic mass is 19.4. The van der Waals surface area contributed by atoms with Gasteiger partial charge in [0, 0.05) is 23.8 Å². The van der Waals surface area contributed by atoms with E-state index < -0.39 is 23.2 Å². The first-order valence-corrected chi connectivity index (χ1v) is 5.38. The van der Waals surface area contributed by atoms with Crippen LogP contribution < -0.4 is 5.56 Å². The Labute approximate surface area is 109 Å². The molecule has 0 amide bonds. The van der Waals surface area contributed by atoms with E-state index in [0.717, 1.165) is 6.07 Å². The summed E-state index contributed by atoms with van der Waals surface area (Å²) in [5.41, 5.74) is -0.726. The number of hydrogen-bond acceptors (Lipinski definition) is 3. The van der Waals surface area contributed by atoms with E-state index in [2.05, 4.69) is 5.10 Å². The van der Waals surface area contributed by atoms with Crippen molar-refractivity contribution < 1.29 is 18.1 Å². The number of nitrogens with one attached hydrogen (secondary N) is 1. The first-order chi connectivity index (χ1) is 9.26. The molecule has 0 saturated carbocycles. The van der Waals surface area contributed by atoms with Crippen LogP contribution in [-0.2, 0) is 6.54 Å². The molecule has 0 saturated heterocycles. The van der Waals surface area contributed by atoms with Crippen LogP contribution >= 0.6 is 0 Å². The Morgan fingerprint density at radius 1 is 1.30 bits per heavy atom. The summed E-state index contributed by atoms with van der Waals surface area (Å²) >= 11 is 0. The predicted octanol–water partition coefficient (Wildman–Crippen LogP) is 2.31. The van der Waals surface area contributed by atoms with Gasteiger partial charge in [0.1, 0.15) is 6.54 Å². The molecule has 2 aromatic rings. The molecule has 2 rings (SSSR count). The number of rotatable bonds is 3. The lowest BCUT2D eigenvalue weighted by Gasteiger charge is -2.06. The quantitative estimate of drug-likeness (QED) is 0.694. The average molecular weight is 287 g/mol. The van der Waals surface area contributed by atoms with Gasteiger partial charge in [0.2, 0.25) is 0 Å². The highest BCUT2D eigenvalue weighted by Gasteiger charge is 2.29. The van der Waals surface area contributed by atoms with Crippen LogP contribution in [0.5, 0.6) is 0 Å². The van der Waals surface area contributed by atoms with Gasteiger partial charge in [-0.15, -0.1) is 0 Å². The molecule has 9 heteroatoms. The number of benzene rings is 1. The Morgan fingerprint density at radius 3 is 2.60 bits per heavy atom. The number of nitrogens with zero attached hydrogens (tertiary/aromatic N) is 2. The van der Waals surface area contributed by atoms with Crippen molar-refractivity contribution in [3.05, 3.63) is 50.8 Å². The third-order valence-electron chi connectivity index (χ3n) is 2.49. The third kappa shape index (κ3) is 3.05. The molecule has 1 N–H and O–H groups in total. The van der Waals surface area contributed by atoms with Crippen molar-refractivity contribution >= 4 is 5.69 Å². The molecule has 1 heterocycles. The van der Waals surface area contributed by atoms with Crippen LogP contribution in [-0.4, -0.2) is 20.9 Å². The van der Waals surface area contributed by atoms with Crippen molar-refractivity contribution in [2.24, 2.45) is 0 Å². The average Bonchev–Trinajstić information content (AvgIpc) is 2.69. The van der Waals surface area contributed by atoms with E-state index in [1.165, 1.54) is 24.3 Å². The molecule has 0 atom stereocenters. The van der Waals surface area contributed by atoms with E-state index in [1.807, 2.05) is 0 Å². The number of alkyl halides is 3. The molecule has 6 nitrogen and oxygen atoms in total. The number of H-pyrrole nitrogens is 1. The minimum absolute atomic E-state index is 0.0861. The van der Waals surface area contributed by atoms with Crippen LogP contribution in [0.3, 0.4) is 0 Å². The largest absolute Gasteiger partial charge is 0.408 e. The molecule has 106 valence electrons. The van der Waals surface area contributed by atoms with E-state index in [1.54, 1.807) is 0 Å². The zero-order valence-electron chi connectivity index (χ0n) is 9.85. The van der Waals surface area contributed by atoms with Gasteiger partial charge in [0.15, 0.2) is 0 Å². The van der Waals surface area contributed by atoms with Crippen molar-refractivity contribution in [2.75, 3.05) is 0 Å². The number of hydrogen-bond donors (Lipinski definition) is 1. The molecule has 0 unspecified atom stereocenters. The summed E-state index contributed by atoms with van der Waals surface area (Å²) in [7, 11) is 0. The van der Waals surface area contributed by atoms with E-state index in [4.69, 9.17) is 0 Å². The minimum Gasteiger partial charge on any atom is -0.295 e. The molecule has 0 aliphatic carbocycles. The van der Waals surface area contributed by atoms with Crippen LogP contribution in [0, 0.1) is 10.1 Å². The fraction of sp³-hybridized carbons (Fsp3) is 0.182. The molecule has 1 aromatic carbocycles. The topological polar surface area (TPSA) is 80.9 Å². The third-order valence-corrected chi connectivity index (χ3v) is 2.49. The van der Waals surface area contributed by atoms with Gasteiger partial charge in [-0.2, -0.15) is 13.2 Å². The lowest BCUT2D eigenvalue weighted by molar-refractivity contribution is -0.384. The highest BCUT2D eigenvalue weighted by molar-refractivity contribution is 5.61. The fourth-order valence-electron chi connectivity index (χ4n) is 1.67. The maximum atomic E-state index is 12.2. The lowest BCUT2D eigenvalue weighted by atomic mass is 10.1. The zero-order chi connectivity index (χ0) is 14.9. The molecule has 1 aromatic heterocycles. The predicted molar refractivity (Wildman–Crippen MR) is 63.2 cm³/mol. The second kappa shape index (κ2) is 4.83. The maximum Gasteiger partial charge on any atom is 0.408 e. The monoisotopic (exact) mass is 287 g/mol. The molecule has 0 radical (unpaired) electrons. The van der Waals surface area contributed by atoms with Gasteiger partial charge in [-0.1, -0.05) is 12.1 Å². The Balaban J connectivity index is 2.39. The number of non-ortho nitro benzene ring substituents is 1. The first-order valence-electron chi connectivity index (χ1n) is 5.38. The van der Waals surface area contributed by atoms with Crippen LogP contribution in [0.4, 0.5) is 18.9 Å². The van der Waals surface area contributed by atoms with Crippen molar-refractivity contribution in [1.82, 2.24) is 9.78 Å². The Bertz CT molecular complexity index is 703. The minimum atomic E-state index is -4.53. The van der Waals surface area contributed by atoms with Crippen molar-refractivity contribution in [3.8, 4) is 11.3 Å². The van der Waals surface area contributed by atoms with Crippen LogP contribution in [0.25, 0.3) is 11.3 Å². The summed E-state index contributed by atoms with van der Waals surface area (Å²) in [4.78, 5) is 21.4. The zero-order valence-corrected chi connectivity index (χ0v) is 9.85. The summed E-state index contributed by atoms with van der Waals surface area (Å²) in [5.74, 6) is 0. The van der Waals surface area contributed by atoms with Gasteiger partial charge in [-0.05, 0) is 0 Å². The van der Waals surface area contributed by atoms with Gasteiger partial charge in [0.05, 0.1) is 10.6 Å². The van der Waals surface area contributed by atoms with Gasteiger partial charge in [-0.3, -0.25) is 20.0 Å². The molecule has 0 aliphatic rings. The lowest BCUT2D eigenvalue weighted by Crippen LogP contribution is -2.26. The molecule has 0 aliphatic heterocycles. The second-order valence-electron chi connectivity index (χ2n) is 4.02. The number of nitro benzene ring substituents is 1. The van der Waals surface area contributed by atoms with Crippen molar-refractivity contribution in [1.29, 1.82) is 0 Å². The van der Waals surface area contributed by atoms with E-state index >= 15 is 0 Å². The normalized spacial score (nSPS) is 11.6. The summed E-state index contributed by atoms with van der Waals surface area (Å²) in [5, 5.41) is 12.9. The maximum absolute atomic E-state index is 12.2. The summed E-state index contributed by atoms with van der Waals surface area (Å²) in [6.45, 7) is -1.44. The van der Waals surface area contributed by atoms with Crippen LogP contribution in [0.15, 0.2) is 35.1 Å². The molecule has 0 bridgehead atoms. The first kappa shape index (κ1) is 13.8. The SMILES string of the molecule is O=c1cc(-c2cccc([N+](=O)[O-])c2)[nH]n1CC(F)(F)F. The molecular weight excluding hydrogens is 279 g/mol. The van der Waals surface area contributed by atoms with Gasteiger partial charge in [-0.25, -0.2) is 4.68 Å². The molecule has 0 spiro atoms. The number of nitro groups is 1. The Hall–Kier alpha value is -2.58. The standard InChI is InChI=1S/C11H8F3N3O3/c12-11(13,14)6-16-10(18)5-9(15-16)7-2-1-3-8(4-7)17(19)20/h1-5,15H,6H2. The summed E-state index contributed by atoms with van der Waals surface area (Å²) < 4.78 is 37.1. The number of halogens is 3. The molecule has 0 fully saturated rings. The van der Waals surface area contributed by atoms with Crippen LogP contribution in [0.2, 0.25) is 0 Å². The highest BCUT2D eigenvalue weighted by Crippen LogP contribution is 2.22. The van der Waals surface area contributed by atoms with E-state index in [-0.39, 0.29) is 16.9 Å². The fourth-order valence-corrected chi connectivity index (χ4v) is 1.67. The molecule has 20 heavy (non-hydrogen) atoms. The Morgan fingerprint density at radius 2 is 2.00 bits per heavy atom. The van der Waals surface area contributed by atoms with Crippen LogP contribution in [0.1, 0.15) is 0 Å². The van der Waals surface area contributed by atoms with E-state index in [9.17, 15) is 28.1 Å². The number of aromatic nitrogens is 2. The van der Waals surface area contributed by atoms with Crippen molar-refractivity contribution in [3.63, 3.8) is 0 Å². The van der Waals surface area contributed by atoms with Gasteiger partial charge < -0.3 is 0 Å². The number of aromatic amines is 1. The second-order valence-corrected chi connectivity index (χ2v) is 4.02.